The van der Waals surface area contributed by atoms with Gasteiger partial charge in [-0.3, -0.25) is 4.79 Å². The lowest BCUT2D eigenvalue weighted by atomic mass is 10.2. The molecule has 0 radical (unpaired) electrons. The third-order valence-electron chi connectivity index (χ3n) is 5.06. The number of H-pyrrole nitrogens is 1. The number of imidazole rings is 1. The molecule has 0 bridgehead atoms. The molecule has 1 saturated heterocycles. The number of hydrogen-bond donors (Lipinski definition) is 1. The maximum absolute atomic E-state index is 12.9. The largest absolute Gasteiger partial charge is 0.368 e. The molecule has 1 fully saturated rings. The molecule has 29 heavy (non-hydrogen) atoms. The van der Waals surface area contributed by atoms with Gasteiger partial charge in [-0.15, -0.1) is 0 Å². The van der Waals surface area contributed by atoms with Crippen LogP contribution in [0.4, 0.5) is 5.69 Å². The van der Waals surface area contributed by atoms with Gasteiger partial charge in [0.15, 0.2) is 5.16 Å². The molecule has 1 N–H and O–H groups in total. The van der Waals surface area contributed by atoms with Crippen molar-refractivity contribution in [3.05, 3.63) is 65.3 Å². The number of para-hydroxylation sites is 1. The van der Waals surface area contributed by atoms with Crippen molar-refractivity contribution in [3.8, 4) is 11.3 Å². The lowest BCUT2D eigenvalue weighted by molar-refractivity contribution is -0.130. The number of hydrogen-bond acceptors (Lipinski definition) is 4. The zero-order valence-electron chi connectivity index (χ0n) is 16.2. The van der Waals surface area contributed by atoms with E-state index in [2.05, 4.69) is 55.1 Å². The van der Waals surface area contributed by atoms with E-state index in [-0.39, 0.29) is 11.2 Å². The standard InChI is InChI=1S/C22H23BrN4OS/c1-16(29-22-24-15-20(25-22)17-7-9-18(23)10-8-17)21(28)27-13-11-26(12-14-27)19-5-3-2-4-6-19/h2-10,15-16H,11-14H2,1H3,(H,24,25). The van der Waals surface area contributed by atoms with Crippen LogP contribution in [0.15, 0.2) is 70.4 Å². The molecule has 1 aliphatic heterocycles. The van der Waals surface area contributed by atoms with Gasteiger partial charge in [0.05, 0.1) is 17.1 Å². The third-order valence-corrected chi connectivity index (χ3v) is 6.57. The molecule has 1 amide bonds. The fourth-order valence-corrected chi connectivity index (χ4v) is 4.57. The highest BCUT2D eigenvalue weighted by molar-refractivity contribution is 9.10. The third kappa shape index (κ3) is 4.85. The molecule has 1 aromatic heterocycles. The average molecular weight is 471 g/mol. The van der Waals surface area contributed by atoms with Crippen molar-refractivity contribution in [1.29, 1.82) is 0 Å². The monoisotopic (exact) mass is 470 g/mol. The summed E-state index contributed by atoms with van der Waals surface area (Å²) < 4.78 is 1.04. The zero-order chi connectivity index (χ0) is 20.2. The first-order valence-corrected chi connectivity index (χ1v) is 11.3. The van der Waals surface area contributed by atoms with Crippen LogP contribution in [0.3, 0.4) is 0 Å². The van der Waals surface area contributed by atoms with E-state index in [1.165, 1.54) is 17.4 Å². The molecule has 0 saturated carbocycles. The summed E-state index contributed by atoms with van der Waals surface area (Å²) in [6, 6.07) is 18.5. The van der Waals surface area contributed by atoms with Crippen LogP contribution in [0.5, 0.6) is 0 Å². The summed E-state index contributed by atoms with van der Waals surface area (Å²) in [6.07, 6.45) is 1.82. The molecule has 2 aromatic carbocycles. The number of nitrogens with one attached hydrogen (secondary N) is 1. The van der Waals surface area contributed by atoms with Crippen LogP contribution in [-0.2, 0) is 4.79 Å². The van der Waals surface area contributed by atoms with Crippen LogP contribution < -0.4 is 4.90 Å². The summed E-state index contributed by atoms with van der Waals surface area (Å²) in [7, 11) is 0. The van der Waals surface area contributed by atoms with E-state index in [4.69, 9.17) is 0 Å². The van der Waals surface area contributed by atoms with Crippen LogP contribution in [0.1, 0.15) is 6.92 Å². The van der Waals surface area contributed by atoms with Crippen molar-refractivity contribution in [3.63, 3.8) is 0 Å². The number of aromatic amines is 1. The van der Waals surface area contributed by atoms with Crippen LogP contribution in [0.2, 0.25) is 0 Å². The molecule has 0 spiro atoms. The van der Waals surface area contributed by atoms with E-state index in [1.807, 2.05) is 48.4 Å². The lowest BCUT2D eigenvalue weighted by Gasteiger charge is -2.37. The number of benzene rings is 2. The molecule has 150 valence electrons. The van der Waals surface area contributed by atoms with Crippen LogP contribution >= 0.6 is 27.7 Å². The highest BCUT2D eigenvalue weighted by atomic mass is 79.9. The minimum atomic E-state index is -0.179. The molecule has 7 heteroatoms. The summed E-state index contributed by atoms with van der Waals surface area (Å²) in [4.78, 5) is 25.0. The molecular weight excluding hydrogens is 448 g/mol. The van der Waals surface area contributed by atoms with Gasteiger partial charge in [0.2, 0.25) is 5.91 Å². The van der Waals surface area contributed by atoms with Gasteiger partial charge in [0.1, 0.15) is 0 Å². The Kier molecular flexibility index (Phi) is 6.25. The Morgan fingerprint density at radius 2 is 1.76 bits per heavy atom. The number of anilines is 1. The Labute approximate surface area is 183 Å². The van der Waals surface area contributed by atoms with Crippen molar-refractivity contribution in [2.24, 2.45) is 0 Å². The predicted octanol–water partition coefficient (Wildman–Crippen LogP) is 4.67. The summed E-state index contributed by atoms with van der Waals surface area (Å²) >= 11 is 4.93. The number of amides is 1. The summed E-state index contributed by atoms with van der Waals surface area (Å²) in [6.45, 7) is 5.18. The van der Waals surface area contributed by atoms with Gasteiger partial charge in [-0.1, -0.05) is 58.0 Å². The summed E-state index contributed by atoms with van der Waals surface area (Å²) in [5, 5.41) is 0.592. The van der Waals surface area contributed by atoms with Gasteiger partial charge in [0, 0.05) is 36.3 Å². The predicted molar refractivity (Wildman–Crippen MR) is 122 cm³/mol. The van der Waals surface area contributed by atoms with E-state index >= 15 is 0 Å². The number of carbonyl (C=O) groups excluding carboxylic acids is 1. The van der Waals surface area contributed by atoms with Crippen molar-refractivity contribution < 1.29 is 4.79 Å². The summed E-state index contributed by atoms with van der Waals surface area (Å²) in [5.41, 5.74) is 3.25. The van der Waals surface area contributed by atoms with Crippen LogP contribution in [0.25, 0.3) is 11.3 Å². The van der Waals surface area contributed by atoms with E-state index in [0.717, 1.165) is 47.1 Å². The topological polar surface area (TPSA) is 52.2 Å². The molecule has 2 heterocycles. The average Bonchev–Trinajstić information content (AvgIpc) is 3.23. The maximum atomic E-state index is 12.9. The molecule has 4 rings (SSSR count). The fraction of sp³-hybridized carbons (Fsp3) is 0.273. The number of nitrogens with zero attached hydrogens (tertiary/aromatic N) is 3. The molecule has 0 aliphatic carbocycles. The normalized spacial score (nSPS) is 15.4. The van der Waals surface area contributed by atoms with Gasteiger partial charge in [-0.05, 0) is 36.8 Å². The lowest BCUT2D eigenvalue weighted by Crippen LogP contribution is -2.50. The minimum Gasteiger partial charge on any atom is -0.368 e. The Morgan fingerprint density at radius 1 is 1.07 bits per heavy atom. The highest BCUT2D eigenvalue weighted by Crippen LogP contribution is 2.26. The molecule has 1 aliphatic rings. The van der Waals surface area contributed by atoms with Crippen molar-refractivity contribution in [2.75, 3.05) is 31.1 Å². The summed E-state index contributed by atoms with van der Waals surface area (Å²) in [5.74, 6) is 0.171. The second kappa shape index (κ2) is 9.05. The first-order valence-electron chi connectivity index (χ1n) is 9.66. The molecule has 1 unspecified atom stereocenters. The molecule has 3 aromatic rings. The van der Waals surface area contributed by atoms with Gasteiger partial charge < -0.3 is 14.8 Å². The number of aromatic nitrogens is 2. The number of thioether (sulfide) groups is 1. The molecule has 5 nitrogen and oxygen atoms in total. The Bertz CT molecular complexity index is 952. The van der Waals surface area contributed by atoms with Crippen molar-refractivity contribution in [1.82, 2.24) is 14.9 Å². The molecular formula is C22H23BrN4OS. The Balaban J connectivity index is 1.33. The van der Waals surface area contributed by atoms with E-state index in [9.17, 15) is 4.79 Å². The van der Waals surface area contributed by atoms with Crippen LogP contribution in [-0.4, -0.2) is 52.2 Å². The van der Waals surface area contributed by atoms with Gasteiger partial charge in [0.25, 0.3) is 0 Å². The van der Waals surface area contributed by atoms with E-state index < -0.39 is 0 Å². The Morgan fingerprint density at radius 3 is 2.45 bits per heavy atom. The smallest absolute Gasteiger partial charge is 0.236 e. The SMILES string of the molecule is CC(Sc1ncc(-c2ccc(Br)cc2)[nH]1)C(=O)N1CCN(c2ccccc2)CC1. The first-order chi connectivity index (χ1) is 14.1. The van der Waals surface area contributed by atoms with Gasteiger partial charge in [-0.25, -0.2) is 4.98 Å². The quantitative estimate of drug-likeness (QED) is 0.550. The maximum Gasteiger partial charge on any atom is 0.236 e. The number of halogens is 1. The fourth-order valence-electron chi connectivity index (χ4n) is 3.44. The zero-order valence-corrected chi connectivity index (χ0v) is 18.6. The number of rotatable bonds is 5. The van der Waals surface area contributed by atoms with Gasteiger partial charge >= 0.3 is 0 Å². The van der Waals surface area contributed by atoms with Crippen molar-refractivity contribution >= 4 is 39.3 Å². The number of piperazine rings is 1. The van der Waals surface area contributed by atoms with Gasteiger partial charge in [-0.2, -0.15) is 0 Å². The van der Waals surface area contributed by atoms with Crippen LogP contribution in [0, 0.1) is 0 Å². The second-order valence-corrected chi connectivity index (χ2v) is 9.26. The van der Waals surface area contributed by atoms with E-state index in [0.29, 0.717) is 0 Å². The number of carbonyl (C=O) groups is 1. The first kappa shape index (κ1) is 20.0. The minimum absolute atomic E-state index is 0.171. The second-order valence-electron chi connectivity index (χ2n) is 7.02. The van der Waals surface area contributed by atoms with Crippen molar-refractivity contribution in [2.45, 2.75) is 17.3 Å². The molecule has 1 atom stereocenters. The van der Waals surface area contributed by atoms with E-state index in [1.54, 1.807) is 0 Å². The Hall–Kier alpha value is -2.25. The highest BCUT2D eigenvalue weighted by Gasteiger charge is 2.26.